The van der Waals surface area contributed by atoms with E-state index in [1.165, 1.54) is 0 Å². The van der Waals surface area contributed by atoms with Crippen LogP contribution in [0.3, 0.4) is 0 Å². The van der Waals surface area contributed by atoms with Crippen molar-refractivity contribution in [3.8, 4) is 0 Å². The SMILES string of the molecule is CC1CNCC1C(=O)Nc1ccc(I)cc1C(=O)O. The lowest BCUT2D eigenvalue weighted by atomic mass is 9.97. The third-order valence-corrected chi connectivity index (χ3v) is 4.00. The predicted molar refractivity (Wildman–Crippen MR) is 80.3 cm³/mol. The Kier molecular flexibility index (Phi) is 4.41. The van der Waals surface area contributed by atoms with Crippen LogP contribution in [-0.2, 0) is 4.79 Å². The number of carboxylic acid groups (broad SMARTS) is 1. The number of hydrogen-bond acceptors (Lipinski definition) is 3. The van der Waals surface area contributed by atoms with Gasteiger partial charge < -0.3 is 15.7 Å². The molecule has 1 aromatic rings. The van der Waals surface area contributed by atoms with Gasteiger partial charge in [-0.3, -0.25) is 4.79 Å². The first-order valence-electron chi connectivity index (χ1n) is 6.03. The monoisotopic (exact) mass is 374 g/mol. The van der Waals surface area contributed by atoms with Crippen molar-refractivity contribution < 1.29 is 14.7 Å². The largest absolute Gasteiger partial charge is 0.478 e. The summed E-state index contributed by atoms with van der Waals surface area (Å²) in [4.78, 5) is 23.3. The number of nitrogens with one attached hydrogen (secondary N) is 2. The third kappa shape index (κ3) is 3.24. The number of carboxylic acids is 1. The maximum Gasteiger partial charge on any atom is 0.337 e. The van der Waals surface area contributed by atoms with Crippen LogP contribution in [0.2, 0.25) is 0 Å². The van der Waals surface area contributed by atoms with E-state index >= 15 is 0 Å². The molecule has 0 bridgehead atoms. The van der Waals surface area contributed by atoms with E-state index in [1.807, 2.05) is 29.5 Å². The van der Waals surface area contributed by atoms with E-state index < -0.39 is 5.97 Å². The van der Waals surface area contributed by atoms with Crippen molar-refractivity contribution in [2.75, 3.05) is 18.4 Å². The van der Waals surface area contributed by atoms with Crippen LogP contribution < -0.4 is 10.6 Å². The van der Waals surface area contributed by atoms with Gasteiger partial charge in [-0.2, -0.15) is 0 Å². The molecule has 1 amide bonds. The highest BCUT2D eigenvalue weighted by molar-refractivity contribution is 14.1. The number of halogens is 1. The first kappa shape index (κ1) is 14.3. The summed E-state index contributed by atoms with van der Waals surface area (Å²) in [6.07, 6.45) is 0. The lowest BCUT2D eigenvalue weighted by Gasteiger charge is -2.15. The average Bonchev–Trinajstić information content (AvgIpc) is 2.77. The Bertz CT molecular complexity index is 519. The van der Waals surface area contributed by atoms with Gasteiger partial charge in [0.1, 0.15) is 0 Å². The summed E-state index contributed by atoms with van der Waals surface area (Å²) in [5.74, 6) is -1.01. The minimum atomic E-state index is -1.04. The Morgan fingerprint density at radius 3 is 2.74 bits per heavy atom. The summed E-state index contributed by atoms with van der Waals surface area (Å²) in [5, 5.41) is 15.0. The first-order valence-corrected chi connectivity index (χ1v) is 7.11. The van der Waals surface area contributed by atoms with Crippen molar-refractivity contribution in [2.45, 2.75) is 6.92 Å². The smallest absolute Gasteiger partial charge is 0.337 e. The second kappa shape index (κ2) is 5.87. The van der Waals surface area contributed by atoms with Crippen LogP contribution in [0.15, 0.2) is 18.2 Å². The molecule has 0 spiro atoms. The zero-order chi connectivity index (χ0) is 14.0. The van der Waals surface area contributed by atoms with Gasteiger partial charge in [0.25, 0.3) is 0 Å². The lowest BCUT2D eigenvalue weighted by Crippen LogP contribution is -2.28. The molecule has 2 rings (SSSR count). The van der Waals surface area contributed by atoms with Crippen molar-refractivity contribution in [1.29, 1.82) is 0 Å². The van der Waals surface area contributed by atoms with Crippen molar-refractivity contribution in [2.24, 2.45) is 11.8 Å². The van der Waals surface area contributed by atoms with Gasteiger partial charge in [0.2, 0.25) is 5.91 Å². The van der Waals surface area contributed by atoms with Crippen LogP contribution in [0, 0.1) is 15.4 Å². The zero-order valence-electron chi connectivity index (χ0n) is 10.4. The highest BCUT2D eigenvalue weighted by Gasteiger charge is 2.30. The van der Waals surface area contributed by atoms with Crippen LogP contribution in [0.5, 0.6) is 0 Å². The van der Waals surface area contributed by atoms with Gasteiger partial charge in [0.05, 0.1) is 17.2 Å². The van der Waals surface area contributed by atoms with Gasteiger partial charge in [-0.1, -0.05) is 6.92 Å². The maximum absolute atomic E-state index is 12.1. The van der Waals surface area contributed by atoms with E-state index in [-0.39, 0.29) is 23.3 Å². The van der Waals surface area contributed by atoms with Crippen molar-refractivity contribution >= 4 is 40.2 Å². The second-order valence-electron chi connectivity index (χ2n) is 4.73. The molecule has 5 nitrogen and oxygen atoms in total. The summed E-state index contributed by atoms with van der Waals surface area (Å²) in [6.45, 7) is 3.46. The van der Waals surface area contributed by atoms with E-state index in [0.717, 1.165) is 10.1 Å². The van der Waals surface area contributed by atoms with E-state index in [9.17, 15) is 9.59 Å². The molecule has 1 saturated heterocycles. The number of amides is 1. The standard InChI is InChI=1S/C13H15IN2O3/c1-7-5-15-6-10(7)12(17)16-11-3-2-8(14)4-9(11)13(18)19/h2-4,7,10,15H,5-6H2,1H3,(H,16,17)(H,18,19). The molecule has 3 N–H and O–H groups in total. The quantitative estimate of drug-likeness (QED) is 0.705. The summed E-state index contributed by atoms with van der Waals surface area (Å²) < 4.78 is 0.823. The normalized spacial score (nSPS) is 22.2. The number of benzene rings is 1. The van der Waals surface area contributed by atoms with Crippen LogP contribution in [0.25, 0.3) is 0 Å². The highest BCUT2D eigenvalue weighted by Crippen LogP contribution is 2.22. The molecule has 102 valence electrons. The molecule has 19 heavy (non-hydrogen) atoms. The Labute approximate surface area is 124 Å². The summed E-state index contributed by atoms with van der Waals surface area (Å²) in [5.41, 5.74) is 0.482. The molecule has 1 aliphatic heterocycles. The van der Waals surface area contributed by atoms with Crippen molar-refractivity contribution in [3.05, 3.63) is 27.3 Å². The Morgan fingerprint density at radius 2 is 2.16 bits per heavy atom. The lowest BCUT2D eigenvalue weighted by molar-refractivity contribution is -0.120. The van der Waals surface area contributed by atoms with Gasteiger partial charge in [0, 0.05) is 10.1 Å². The van der Waals surface area contributed by atoms with E-state index in [0.29, 0.717) is 12.2 Å². The molecule has 1 heterocycles. The molecule has 0 aromatic heterocycles. The Hall–Kier alpha value is -1.15. The highest BCUT2D eigenvalue weighted by atomic mass is 127. The van der Waals surface area contributed by atoms with E-state index in [1.54, 1.807) is 18.2 Å². The Morgan fingerprint density at radius 1 is 1.42 bits per heavy atom. The minimum absolute atomic E-state index is 0.110. The maximum atomic E-state index is 12.1. The molecular formula is C13H15IN2O3. The number of carbonyl (C=O) groups excluding carboxylic acids is 1. The van der Waals surface area contributed by atoms with Crippen LogP contribution in [0.4, 0.5) is 5.69 Å². The molecule has 0 radical (unpaired) electrons. The number of aromatic carboxylic acids is 1. The number of hydrogen-bond donors (Lipinski definition) is 3. The summed E-state index contributed by atoms with van der Waals surface area (Å²) in [7, 11) is 0. The fourth-order valence-electron chi connectivity index (χ4n) is 2.19. The molecule has 6 heteroatoms. The number of rotatable bonds is 3. The van der Waals surface area contributed by atoms with Crippen LogP contribution in [0.1, 0.15) is 17.3 Å². The fraction of sp³-hybridized carbons (Fsp3) is 0.385. The topological polar surface area (TPSA) is 78.4 Å². The summed E-state index contributed by atoms with van der Waals surface area (Å²) >= 11 is 2.04. The van der Waals surface area contributed by atoms with Crippen LogP contribution in [-0.4, -0.2) is 30.1 Å². The minimum Gasteiger partial charge on any atom is -0.478 e. The molecule has 2 atom stereocenters. The molecule has 1 aromatic carbocycles. The zero-order valence-corrected chi connectivity index (χ0v) is 12.6. The molecule has 0 saturated carbocycles. The number of anilines is 1. The first-order chi connectivity index (χ1) is 8.99. The van der Waals surface area contributed by atoms with E-state index in [2.05, 4.69) is 10.6 Å². The van der Waals surface area contributed by atoms with Gasteiger partial charge in [-0.15, -0.1) is 0 Å². The average molecular weight is 374 g/mol. The van der Waals surface area contributed by atoms with Gasteiger partial charge in [-0.05, 0) is 53.3 Å². The van der Waals surface area contributed by atoms with Gasteiger partial charge >= 0.3 is 5.97 Å². The molecular weight excluding hydrogens is 359 g/mol. The second-order valence-corrected chi connectivity index (χ2v) is 5.97. The van der Waals surface area contributed by atoms with Crippen molar-refractivity contribution in [1.82, 2.24) is 5.32 Å². The van der Waals surface area contributed by atoms with Gasteiger partial charge in [-0.25, -0.2) is 4.79 Å². The number of carbonyl (C=O) groups is 2. The molecule has 2 unspecified atom stereocenters. The predicted octanol–water partition coefficient (Wildman–Crippen LogP) is 1.78. The molecule has 1 aliphatic rings. The Balaban J connectivity index is 2.19. The van der Waals surface area contributed by atoms with Crippen LogP contribution >= 0.6 is 22.6 Å². The molecule has 1 fully saturated rings. The van der Waals surface area contributed by atoms with Crippen molar-refractivity contribution in [3.63, 3.8) is 0 Å². The van der Waals surface area contributed by atoms with E-state index in [4.69, 9.17) is 5.11 Å². The van der Waals surface area contributed by atoms with Gasteiger partial charge in [0.15, 0.2) is 0 Å². The third-order valence-electron chi connectivity index (χ3n) is 3.32. The summed E-state index contributed by atoms with van der Waals surface area (Å²) in [6, 6.07) is 4.96. The molecule has 0 aliphatic carbocycles. The fourth-order valence-corrected chi connectivity index (χ4v) is 2.68.